The third-order valence-electron chi connectivity index (χ3n) is 5.25. The second-order valence-corrected chi connectivity index (χ2v) is 7.66. The van der Waals surface area contributed by atoms with Gasteiger partial charge in [0.25, 0.3) is 0 Å². The Hall–Kier alpha value is -1.95. The number of hydrogen-bond acceptors (Lipinski definition) is 4. The van der Waals surface area contributed by atoms with E-state index in [1.807, 2.05) is 13.0 Å². The van der Waals surface area contributed by atoms with Gasteiger partial charge >= 0.3 is 6.03 Å². The van der Waals surface area contributed by atoms with Crippen molar-refractivity contribution in [1.82, 2.24) is 10.2 Å². The standard InChI is InChI=1S/C21H35N3O3/c1-6-27-20-13-17(7-8-19(20)26-5)23-21(25)22-14-18(15(2)3)24-11-9-16(4)10-12-24/h7-8,13,15-16,18H,6,9-12,14H2,1-5H3,(H2,22,23,25). The number of carbonyl (C=O) groups excluding carboxylic acids is 1. The topological polar surface area (TPSA) is 62.8 Å². The highest BCUT2D eigenvalue weighted by Crippen LogP contribution is 2.30. The van der Waals surface area contributed by atoms with Gasteiger partial charge in [-0.05, 0) is 56.8 Å². The van der Waals surface area contributed by atoms with E-state index in [1.54, 1.807) is 19.2 Å². The van der Waals surface area contributed by atoms with E-state index in [0.717, 1.165) is 19.0 Å². The summed E-state index contributed by atoms with van der Waals surface area (Å²) in [5.41, 5.74) is 0.685. The molecule has 1 atom stereocenters. The summed E-state index contributed by atoms with van der Waals surface area (Å²) in [6.45, 7) is 12.1. The van der Waals surface area contributed by atoms with Crippen molar-refractivity contribution in [3.05, 3.63) is 18.2 Å². The largest absolute Gasteiger partial charge is 0.493 e. The van der Waals surface area contributed by atoms with E-state index in [4.69, 9.17) is 9.47 Å². The highest BCUT2D eigenvalue weighted by molar-refractivity contribution is 5.89. The number of benzene rings is 1. The first-order chi connectivity index (χ1) is 12.9. The van der Waals surface area contributed by atoms with Crippen LogP contribution in [0.25, 0.3) is 0 Å². The van der Waals surface area contributed by atoms with E-state index in [9.17, 15) is 4.79 Å². The molecule has 1 fully saturated rings. The lowest BCUT2D eigenvalue weighted by atomic mass is 9.94. The Morgan fingerprint density at radius 3 is 2.56 bits per heavy atom. The summed E-state index contributed by atoms with van der Waals surface area (Å²) in [6, 6.07) is 5.56. The molecular weight excluding hydrogens is 342 g/mol. The van der Waals surface area contributed by atoms with Crippen LogP contribution in [0.1, 0.15) is 40.5 Å². The first kappa shape index (κ1) is 21.4. The second-order valence-electron chi connectivity index (χ2n) is 7.66. The van der Waals surface area contributed by atoms with Gasteiger partial charge in [-0.25, -0.2) is 4.79 Å². The average molecular weight is 378 g/mol. The number of likely N-dealkylation sites (tertiary alicyclic amines) is 1. The molecule has 0 aliphatic carbocycles. The number of nitrogens with one attached hydrogen (secondary N) is 2. The predicted octanol–water partition coefficient (Wildman–Crippen LogP) is 3.97. The monoisotopic (exact) mass is 377 g/mol. The molecule has 2 amide bonds. The molecule has 1 aromatic rings. The predicted molar refractivity (Wildman–Crippen MR) is 110 cm³/mol. The van der Waals surface area contributed by atoms with Crippen molar-refractivity contribution >= 4 is 11.7 Å². The van der Waals surface area contributed by atoms with Crippen LogP contribution in [0.4, 0.5) is 10.5 Å². The lowest BCUT2D eigenvalue weighted by Gasteiger charge is -2.38. The third-order valence-corrected chi connectivity index (χ3v) is 5.25. The average Bonchev–Trinajstić information content (AvgIpc) is 2.63. The number of piperidine rings is 1. The molecule has 1 aliphatic rings. The summed E-state index contributed by atoms with van der Waals surface area (Å²) >= 11 is 0. The molecule has 2 N–H and O–H groups in total. The molecule has 0 bridgehead atoms. The number of methoxy groups -OCH3 is 1. The Morgan fingerprint density at radius 1 is 1.26 bits per heavy atom. The van der Waals surface area contributed by atoms with Crippen LogP contribution in [0.2, 0.25) is 0 Å². The van der Waals surface area contributed by atoms with Gasteiger partial charge in [-0.15, -0.1) is 0 Å². The number of urea groups is 1. The zero-order valence-corrected chi connectivity index (χ0v) is 17.4. The van der Waals surface area contributed by atoms with Gasteiger partial charge in [0.1, 0.15) is 0 Å². The second kappa shape index (κ2) is 10.4. The molecule has 1 saturated heterocycles. The van der Waals surface area contributed by atoms with Crippen LogP contribution in [0, 0.1) is 11.8 Å². The molecule has 1 unspecified atom stereocenters. The zero-order chi connectivity index (χ0) is 19.8. The number of carbonyl (C=O) groups is 1. The Kier molecular flexibility index (Phi) is 8.23. The van der Waals surface area contributed by atoms with E-state index in [-0.39, 0.29) is 6.03 Å². The maximum Gasteiger partial charge on any atom is 0.319 e. The summed E-state index contributed by atoms with van der Waals surface area (Å²) < 4.78 is 10.8. The number of amides is 2. The first-order valence-corrected chi connectivity index (χ1v) is 10.0. The van der Waals surface area contributed by atoms with Crippen molar-refractivity contribution in [3.63, 3.8) is 0 Å². The van der Waals surface area contributed by atoms with Crippen molar-refractivity contribution in [2.24, 2.45) is 11.8 Å². The summed E-state index contributed by atoms with van der Waals surface area (Å²) in [6.07, 6.45) is 2.48. The fraction of sp³-hybridized carbons (Fsp3) is 0.667. The van der Waals surface area contributed by atoms with Gasteiger partial charge < -0.3 is 20.1 Å². The normalized spacial score (nSPS) is 16.8. The molecule has 0 aromatic heterocycles. The molecule has 152 valence electrons. The van der Waals surface area contributed by atoms with Crippen molar-refractivity contribution in [2.45, 2.75) is 46.6 Å². The number of hydrogen-bond donors (Lipinski definition) is 2. The third kappa shape index (κ3) is 6.31. The molecule has 0 radical (unpaired) electrons. The Balaban J connectivity index is 1.91. The number of anilines is 1. The molecule has 6 nitrogen and oxygen atoms in total. The van der Waals surface area contributed by atoms with Gasteiger partial charge in [-0.2, -0.15) is 0 Å². The molecule has 0 saturated carbocycles. The van der Waals surface area contributed by atoms with Gasteiger partial charge in [-0.1, -0.05) is 20.8 Å². The molecule has 6 heteroatoms. The minimum absolute atomic E-state index is 0.196. The Bertz CT molecular complexity index is 598. The van der Waals surface area contributed by atoms with E-state index in [1.165, 1.54) is 12.8 Å². The number of nitrogens with zero attached hydrogens (tertiary/aromatic N) is 1. The van der Waals surface area contributed by atoms with Crippen LogP contribution in [0.3, 0.4) is 0 Å². The quantitative estimate of drug-likeness (QED) is 0.719. The van der Waals surface area contributed by atoms with Gasteiger partial charge in [0.2, 0.25) is 0 Å². The van der Waals surface area contributed by atoms with E-state index >= 15 is 0 Å². The zero-order valence-electron chi connectivity index (χ0n) is 17.4. The highest BCUT2D eigenvalue weighted by atomic mass is 16.5. The van der Waals surface area contributed by atoms with Crippen molar-refractivity contribution in [2.75, 3.05) is 38.7 Å². The van der Waals surface area contributed by atoms with E-state index in [0.29, 0.717) is 42.3 Å². The molecule has 2 rings (SSSR count). The maximum atomic E-state index is 12.4. The molecule has 1 aliphatic heterocycles. The molecule has 1 heterocycles. The fourth-order valence-electron chi connectivity index (χ4n) is 3.54. The summed E-state index contributed by atoms with van der Waals surface area (Å²) in [7, 11) is 1.60. The molecular formula is C21H35N3O3. The van der Waals surface area contributed by atoms with Crippen LogP contribution in [-0.4, -0.2) is 50.3 Å². The first-order valence-electron chi connectivity index (χ1n) is 10.0. The van der Waals surface area contributed by atoms with E-state index < -0.39 is 0 Å². The maximum absolute atomic E-state index is 12.4. The van der Waals surface area contributed by atoms with Gasteiger partial charge in [0.05, 0.1) is 13.7 Å². The van der Waals surface area contributed by atoms with Crippen LogP contribution in [0.5, 0.6) is 11.5 Å². The number of ether oxygens (including phenoxy) is 2. The summed E-state index contributed by atoms with van der Waals surface area (Å²) in [5.74, 6) is 2.58. The van der Waals surface area contributed by atoms with Gasteiger partial charge in [-0.3, -0.25) is 4.90 Å². The molecule has 1 aromatic carbocycles. The minimum atomic E-state index is -0.196. The Labute approximate surface area is 163 Å². The SMILES string of the molecule is CCOc1cc(NC(=O)NCC(C(C)C)N2CCC(C)CC2)ccc1OC. The van der Waals surface area contributed by atoms with Crippen LogP contribution in [-0.2, 0) is 0 Å². The van der Waals surface area contributed by atoms with Crippen molar-refractivity contribution < 1.29 is 14.3 Å². The lowest BCUT2D eigenvalue weighted by Crippen LogP contribution is -2.50. The van der Waals surface area contributed by atoms with Gasteiger partial charge in [0, 0.05) is 24.3 Å². The van der Waals surface area contributed by atoms with Crippen molar-refractivity contribution in [3.8, 4) is 11.5 Å². The Morgan fingerprint density at radius 2 is 1.96 bits per heavy atom. The minimum Gasteiger partial charge on any atom is -0.493 e. The summed E-state index contributed by atoms with van der Waals surface area (Å²) in [4.78, 5) is 14.9. The van der Waals surface area contributed by atoms with Crippen LogP contribution < -0.4 is 20.1 Å². The fourth-order valence-corrected chi connectivity index (χ4v) is 3.54. The smallest absolute Gasteiger partial charge is 0.319 e. The van der Waals surface area contributed by atoms with Crippen LogP contribution in [0.15, 0.2) is 18.2 Å². The molecule has 0 spiro atoms. The lowest BCUT2D eigenvalue weighted by molar-refractivity contribution is 0.108. The van der Waals surface area contributed by atoms with Crippen molar-refractivity contribution in [1.29, 1.82) is 0 Å². The summed E-state index contributed by atoms with van der Waals surface area (Å²) in [5, 5.41) is 5.93. The highest BCUT2D eigenvalue weighted by Gasteiger charge is 2.25. The van der Waals surface area contributed by atoms with E-state index in [2.05, 4.69) is 36.3 Å². The van der Waals surface area contributed by atoms with Crippen LogP contribution >= 0.6 is 0 Å². The molecule has 27 heavy (non-hydrogen) atoms. The number of rotatable bonds is 8. The van der Waals surface area contributed by atoms with Gasteiger partial charge in [0.15, 0.2) is 11.5 Å².